The first-order chi connectivity index (χ1) is 11.5. The first kappa shape index (κ1) is 17.6. The molecule has 1 amide bonds. The van der Waals surface area contributed by atoms with Gasteiger partial charge in [0.1, 0.15) is 24.2 Å². The normalized spacial score (nSPS) is 10.5. The Hall–Kier alpha value is -2.74. The molecular weight excluding hydrogens is 304 g/mol. The SMILES string of the molecule is CC(C)CCN(C)C(=O)c1ccc(COc2ccccc2C#N)o1. The third kappa shape index (κ3) is 4.63. The minimum atomic E-state index is -0.140. The van der Waals surface area contributed by atoms with Gasteiger partial charge in [0.2, 0.25) is 0 Å². The van der Waals surface area contributed by atoms with Gasteiger partial charge < -0.3 is 14.1 Å². The lowest BCUT2D eigenvalue weighted by Crippen LogP contribution is -2.28. The Kier molecular flexibility index (Phi) is 6.02. The summed E-state index contributed by atoms with van der Waals surface area (Å²) in [6.07, 6.45) is 0.948. The number of rotatable bonds is 7. The number of carbonyl (C=O) groups excluding carboxylic acids is 1. The van der Waals surface area contributed by atoms with E-state index in [0.717, 1.165) is 6.42 Å². The van der Waals surface area contributed by atoms with E-state index in [1.54, 1.807) is 48.3 Å². The number of hydrogen-bond acceptors (Lipinski definition) is 4. The van der Waals surface area contributed by atoms with Gasteiger partial charge in [0.05, 0.1) is 5.56 Å². The summed E-state index contributed by atoms with van der Waals surface area (Å²) >= 11 is 0. The lowest BCUT2D eigenvalue weighted by atomic mass is 10.1. The van der Waals surface area contributed by atoms with E-state index in [1.807, 2.05) is 0 Å². The first-order valence-electron chi connectivity index (χ1n) is 7.97. The average Bonchev–Trinajstić information content (AvgIpc) is 3.06. The molecule has 0 fully saturated rings. The molecule has 2 aromatic rings. The van der Waals surface area contributed by atoms with E-state index < -0.39 is 0 Å². The summed E-state index contributed by atoms with van der Waals surface area (Å²) in [5, 5.41) is 9.04. The van der Waals surface area contributed by atoms with Crippen LogP contribution in [-0.4, -0.2) is 24.4 Å². The van der Waals surface area contributed by atoms with Crippen molar-refractivity contribution in [2.45, 2.75) is 26.9 Å². The van der Waals surface area contributed by atoms with Gasteiger partial charge in [-0.05, 0) is 36.6 Å². The molecule has 0 bridgehead atoms. The molecule has 5 nitrogen and oxygen atoms in total. The van der Waals surface area contributed by atoms with Crippen LogP contribution in [0.1, 0.15) is 42.1 Å². The molecule has 0 N–H and O–H groups in total. The zero-order valence-corrected chi connectivity index (χ0v) is 14.3. The molecule has 1 heterocycles. The van der Waals surface area contributed by atoms with Gasteiger partial charge in [-0.3, -0.25) is 4.79 Å². The maximum atomic E-state index is 12.3. The van der Waals surface area contributed by atoms with Gasteiger partial charge in [0.25, 0.3) is 5.91 Å². The Morgan fingerprint density at radius 3 is 2.75 bits per heavy atom. The summed E-state index contributed by atoms with van der Waals surface area (Å²) in [6.45, 7) is 5.11. The van der Waals surface area contributed by atoms with Gasteiger partial charge in [0.15, 0.2) is 5.76 Å². The smallest absolute Gasteiger partial charge is 0.289 e. The summed E-state index contributed by atoms with van der Waals surface area (Å²) in [5.74, 6) is 1.75. The quantitative estimate of drug-likeness (QED) is 0.775. The van der Waals surface area contributed by atoms with Crippen molar-refractivity contribution in [3.05, 3.63) is 53.5 Å². The van der Waals surface area contributed by atoms with E-state index in [0.29, 0.717) is 35.3 Å². The number of amides is 1. The molecule has 0 saturated heterocycles. The van der Waals surface area contributed by atoms with Crippen LogP contribution in [0.3, 0.4) is 0 Å². The van der Waals surface area contributed by atoms with Gasteiger partial charge in [0, 0.05) is 13.6 Å². The van der Waals surface area contributed by atoms with Gasteiger partial charge >= 0.3 is 0 Å². The van der Waals surface area contributed by atoms with Gasteiger partial charge in [-0.2, -0.15) is 5.26 Å². The Morgan fingerprint density at radius 1 is 1.29 bits per heavy atom. The second-order valence-corrected chi connectivity index (χ2v) is 6.07. The molecule has 0 aliphatic heterocycles. The number of hydrogen-bond donors (Lipinski definition) is 0. The van der Waals surface area contributed by atoms with Crippen LogP contribution in [-0.2, 0) is 6.61 Å². The third-order valence-electron chi connectivity index (χ3n) is 3.64. The number of nitriles is 1. The molecular formula is C19H22N2O3. The second-order valence-electron chi connectivity index (χ2n) is 6.07. The van der Waals surface area contributed by atoms with Crippen LogP contribution in [0.5, 0.6) is 5.75 Å². The Balaban J connectivity index is 1.95. The molecule has 2 rings (SSSR count). The highest BCUT2D eigenvalue weighted by molar-refractivity contribution is 5.91. The highest BCUT2D eigenvalue weighted by Gasteiger charge is 2.16. The molecule has 0 radical (unpaired) electrons. The number of furan rings is 1. The zero-order chi connectivity index (χ0) is 17.5. The average molecular weight is 326 g/mol. The predicted molar refractivity (Wildman–Crippen MR) is 90.6 cm³/mol. The van der Waals surface area contributed by atoms with E-state index >= 15 is 0 Å². The largest absolute Gasteiger partial charge is 0.484 e. The molecule has 24 heavy (non-hydrogen) atoms. The molecule has 0 spiro atoms. The van der Waals surface area contributed by atoms with Crippen LogP contribution in [0.15, 0.2) is 40.8 Å². The Labute approximate surface area is 142 Å². The summed E-state index contributed by atoms with van der Waals surface area (Å²) in [7, 11) is 1.77. The zero-order valence-electron chi connectivity index (χ0n) is 14.3. The van der Waals surface area contributed by atoms with Crippen LogP contribution in [0, 0.1) is 17.2 Å². The second kappa shape index (κ2) is 8.21. The molecule has 1 aromatic heterocycles. The molecule has 0 aliphatic carbocycles. The molecule has 126 valence electrons. The summed E-state index contributed by atoms with van der Waals surface area (Å²) < 4.78 is 11.2. The van der Waals surface area contributed by atoms with Crippen molar-refractivity contribution < 1.29 is 13.9 Å². The summed E-state index contributed by atoms with van der Waals surface area (Å²) in [4.78, 5) is 14.0. The summed E-state index contributed by atoms with van der Waals surface area (Å²) in [6, 6.07) is 12.5. The molecule has 0 aliphatic rings. The fourth-order valence-electron chi connectivity index (χ4n) is 2.15. The molecule has 0 unspecified atom stereocenters. The number of nitrogens with zero attached hydrogens (tertiary/aromatic N) is 2. The van der Waals surface area contributed by atoms with E-state index in [2.05, 4.69) is 19.9 Å². The van der Waals surface area contributed by atoms with Crippen LogP contribution < -0.4 is 4.74 Å². The lowest BCUT2D eigenvalue weighted by molar-refractivity contribution is 0.0753. The van der Waals surface area contributed by atoms with Crippen LogP contribution in [0.4, 0.5) is 0 Å². The van der Waals surface area contributed by atoms with E-state index in [9.17, 15) is 4.79 Å². The maximum absolute atomic E-state index is 12.3. The van der Waals surface area contributed by atoms with E-state index in [1.165, 1.54) is 0 Å². The maximum Gasteiger partial charge on any atom is 0.289 e. The fraction of sp³-hybridized carbons (Fsp3) is 0.368. The van der Waals surface area contributed by atoms with Crippen molar-refractivity contribution in [1.29, 1.82) is 5.26 Å². The minimum absolute atomic E-state index is 0.140. The minimum Gasteiger partial charge on any atom is -0.484 e. The number of carbonyl (C=O) groups is 1. The molecule has 0 atom stereocenters. The van der Waals surface area contributed by atoms with Crippen LogP contribution in [0.25, 0.3) is 0 Å². The monoisotopic (exact) mass is 326 g/mol. The molecule has 5 heteroatoms. The van der Waals surface area contributed by atoms with E-state index in [4.69, 9.17) is 14.4 Å². The van der Waals surface area contributed by atoms with Crippen LogP contribution >= 0.6 is 0 Å². The number of ether oxygens (including phenoxy) is 1. The first-order valence-corrected chi connectivity index (χ1v) is 7.97. The van der Waals surface area contributed by atoms with Crippen LogP contribution in [0.2, 0.25) is 0 Å². The topological polar surface area (TPSA) is 66.5 Å². The fourth-order valence-corrected chi connectivity index (χ4v) is 2.15. The van der Waals surface area contributed by atoms with Gasteiger partial charge in [-0.15, -0.1) is 0 Å². The predicted octanol–water partition coefficient (Wildman–Crippen LogP) is 3.85. The highest BCUT2D eigenvalue weighted by Crippen LogP contribution is 2.19. The van der Waals surface area contributed by atoms with Crippen molar-refractivity contribution in [2.24, 2.45) is 5.92 Å². The Bertz CT molecular complexity index is 728. The van der Waals surface area contributed by atoms with Crippen molar-refractivity contribution in [2.75, 3.05) is 13.6 Å². The number of benzene rings is 1. The van der Waals surface area contributed by atoms with Crippen molar-refractivity contribution in [3.63, 3.8) is 0 Å². The van der Waals surface area contributed by atoms with Gasteiger partial charge in [-0.1, -0.05) is 26.0 Å². The standard InChI is InChI=1S/C19H22N2O3/c1-14(2)10-11-21(3)19(22)18-9-8-16(24-18)13-23-17-7-5-4-6-15(17)12-20/h4-9,14H,10-11,13H2,1-3H3. The highest BCUT2D eigenvalue weighted by atomic mass is 16.5. The third-order valence-corrected chi connectivity index (χ3v) is 3.64. The van der Waals surface area contributed by atoms with Crippen molar-refractivity contribution in [3.8, 4) is 11.8 Å². The number of para-hydroxylation sites is 1. The van der Waals surface area contributed by atoms with Crippen molar-refractivity contribution >= 4 is 5.91 Å². The molecule has 1 aromatic carbocycles. The van der Waals surface area contributed by atoms with Gasteiger partial charge in [-0.25, -0.2) is 0 Å². The summed E-state index contributed by atoms with van der Waals surface area (Å²) in [5.41, 5.74) is 0.466. The lowest BCUT2D eigenvalue weighted by Gasteiger charge is -2.16. The van der Waals surface area contributed by atoms with Crippen molar-refractivity contribution in [1.82, 2.24) is 4.90 Å². The Morgan fingerprint density at radius 2 is 2.04 bits per heavy atom. The molecule has 0 saturated carbocycles. The van der Waals surface area contributed by atoms with E-state index in [-0.39, 0.29) is 12.5 Å².